The molecule has 0 atom stereocenters. The molecule has 3 nitrogen and oxygen atoms in total. The zero-order valence-corrected chi connectivity index (χ0v) is 12.6. The normalized spacial score (nSPS) is 9.75. The molecule has 0 radical (unpaired) electrons. The summed E-state index contributed by atoms with van der Waals surface area (Å²) in [6.45, 7) is 2.43. The van der Waals surface area contributed by atoms with Crippen LogP contribution >= 0.6 is 11.6 Å². The highest BCUT2D eigenvalue weighted by molar-refractivity contribution is 6.31. The Hall–Kier alpha value is -1.50. The number of carbonyl (C=O) groups excluding carboxylic acids is 1. The molecule has 0 spiro atoms. The third-order valence-electron chi connectivity index (χ3n) is 2.83. The average molecular weight is 293 g/mol. The van der Waals surface area contributed by atoms with Crippen LogP contribution in [-0.2, 0) is 4.79 Å². The fraction of sp³-hybridized carbons (Fsp3) is 0.438. The highest BCUT2D eigenvalue weighted by Gasteiger charge is 2.04. The lowest BCUT2D eigenvalue weighted by molar-refractivity contribution is -0.116. The summed E-state index contributed by atoms with van der Waals surface area (Å²) in [5, 5.41) is 3.43. The Morgan fingerprint density at radius 2 is 2.15 bits per heavy atom. The third kappa shape index (κ3) is 6.10. The molecular weight excluding hydrogens is 272 g/mol. The first-order chi connectivity index (χ1) is 9.67. The van der Waals surface area contributed by atoms with Crippen LogP contribution in [0.2, 0.25) is 5.02 Å². The SMILES string of the molecule is CCCCCCC(=O)Nc1ccc(Cl)c(C#CCN)c1. The number of amides is 1. The van der Waals surface area contributed by atoms with Gasteiger partial charge in [-0.25, -0.2) is 0 Å². The van der Waals surface area contributed by atoms with Crippen molar-refractivity contribution in [2.24, 2.45) is 5.73 Å². The van der Waals surface area contributed by atoms with Crippen molar-refractivity contribution in [3.05, 3.63) is 28.8 Å². The molecule has 3 N–H and O–H groups in total. The zero-order valence-electron chi connectivity index (χ0n) is 11.8. The standard InChI is InChI=1S/C16H21ClN2O/c1-2-3-4-5-8-16(20)19-14-9-10-15(17)13(12-14)7-6-11-18/h9-10,12H,2-5,8,11,18H2,1H3,(H,19,20). The number of carbonyl (C=O) groups is 1. The van der Waals surface area contributed by atoms with Crippen molar-refractivity contribution in [3.63, 3.8) is 0 Å². The molecule has 0 aliphatic carbocycles. The van der Waals surface area contributed by atoms with Crippen LogP contribution in [0.3, 0.4) is 0 Å². The lowest BCUT2D eigenvalue weighted by atomic mass is 10.1. The van der Waals surface area contributed by atoms with Crippen molar-refractivity contribution in [1.29, 1.82) is 0 Å². The summed E-state index contributed by atoms with van der Waals surface area (Å²) in [5.41, 5.74) is 6.74. The van der Waals surface area contributed by atoms with Gasteiger partial charge in [0.15, 0.2) is 0 Å². The molecule has 0 saturated carbocycles. The lowest BCUT2D eigenvalue weighted by Gasteiger charge is -2.06. The van der Waals surface area contributed by atoms with Crippen molar-refractivity contribution in [2.45, 2.75) is 39.0 Å². The second kappa shape index (κ2) is 9.41. The summed E-state index contributed by atoms with van der Waals surface area (Å²) in [7, 11) is 0. The predicted octanol–water partition coefficient (Wildman–Crippen LogP) is 3.56. The molecule has 0 aromatic heterocycles. The monoisotopic (exact) mass is 292 g/mol. The summed E-state index contributed by atoms with van der Waals surface area (Å²) in [6, 6.07) is 5.28. The van der Waals surface area contributed by atoms with Crippen molar-refractivity contribution in [1.82, 2.24) is 0 Å². The molecule has 1 aromatic rings. The molecule has 1 amide bonds. The van der Waals surface area contributed by atoms with E-state index in [0.717, 1.165) is 18.5 Å². The maximum atomic E-state index is 11.8. The number of unbranched alkanes of at least 4 members (excludes halogenated alkanes) is 3. The van der Waals surface area contributed by atoms with E-state index in [-0.39, 0.29) is 12.5 Å². The lowest BCUT2D eigenvalue weighted by Crippen LogP contribution is -2.11. The van der Waals surface area contributed by atoms with Crippen LogP contribution in [0.25, 0.3) is 0 Å². The van der Waals surface area contributed by atoms with E-state index in [1.807, 2.05) is 0 Å². The van der Waals surface area contributed by atoms with Crippen LogP contribution < -0.4 is 11.1 Å². The first-order valence-electron chi connectivity index (χ1n) is 6.95. The molecule has 0 fully saturated rings. The van der Waals surface area contributed by atoms with Gasteiger partial charge in [0.1, 0.15) is 0 Å². The first kappa shape index (κ1) is 16.6. The second-order valence-electron chi connectivity index (χ2n) is 4.56. The minimum absolute atomic E-state index is 0.0289. The van der Waals surface area contributed by atoms with E-state index in [1.54, 1.807) is 18.2 Å². The van der Waals surface area contributed by atoms with Gasteiger partial charge in [-0.05, 0) is 24.6 Å². The highest BCUT2D eigenvalue weighted by atomic mass is 35.5. The van der Waals surface area contributed by atoms with Crippen LogP contribution in [0.5, 0.6) is 0 Å². The van der Waals surface area contributed by atoms with Crippen LogP contribution in [0.15, 0.2) is 18.2 Å². The number of rotatable bonds is 6. The number of halogens is 1. The Bertz CT molecular complexity index is 503. The Kier molecular flexibility index (Phi) is 7.79. The largest absolute Gasteiger partial charge is 0.326 e. The maximum Gasteiger partial charge on any atom is 0.224 e. The van der Waals surface area contributed by atoms with Crippen LogP contribution in [0.1, 0.15) is 44.6 Å². The van der Waals surface area contributed by atoms with E-state index >= 15 is 0 Å². The Morgan fingerprint density at radius 1 is 1.35 bits per heavy atom. The molecular formula is C16H21ClN2O. The van der Waals surface area contributed by atoms with E-state index in [2.05, 4.69) is 24.1 Å². The number of benzene rings is 1. The summed E-state index contributed by atoms with van der Waals surface area (Å²) < 4.78 is 0. The number of nitrogens with two attached hydrogens (primary N) is 1. The maximum absolute atomic E-state index is 11.8. The van der Waals surface area contributed by atoms with E-state index in [0.29, 0.717) is 17.0 Å². The number of hydrogen-bond donors (Lipinski definition) is 2. The van der Waals surface area contributed by atoms with Gasteiger partial charge in [0.25, 0.3) is 0 Å². The molecule has 0 unspecified atom stereocenters. The van der Waals surface area contributed by atoms with Gasteiger partial charge >= 0.3 is 0 Å². The Labute approximate surface area is 125 Å². The van der Waals surface area contributed by atoms with Gasteiger partial charge < -0.3 is 11.1 Å². The highest BCUT2D eigenvalue weighted by Crippen LogP contribution is 2.20. The van der Waals surface area contributed by atoms with E-state index in [1.165, 1.54) is 12.8 Å². The molecule has 20 heavy (non-hydrogen) atoms. The number of nitrogens with one attached hydrogen (secondary N) is 1. The third-order valence-corrected chi connectivity index (χ3v) is 3.16. The van der Waals surface area contributed by atoms with Gasteiger partial charge in [-0.15, -0.1) is 0 Å². The molecule has 0 aliphatic heterocycles. The van der Waals surface area contributed by atoms with Gasteiger partial charge in [-0.1, -0.05) is 49.6 Å². The van der Waals surface area contributed by atoms with Gasteiger partial charge in [-0.2, -0.15) is 0 Å². The summed E-state index contributed by atoms with van der Waals surface area (Å²) >= 11 is 6.03. The fourth-order valence-electron chi connectivity index (χ4n) is 1.78. The minimum Gasteiger partial charge on any atom is -0.326 e. The zero-order chi connectivity index (χ0) is 14.8. The van der Waals surface area contributed by atoms with Crippen molar-refractivity contribution in [3.8, 4) is 11.8 Å². The van der Waals surface area contributed by atoms with E-state index in [9.17, 15) is 4.79 Å². The van der Waals surface area contributed by atoms with Crippen LogP contribution in [0.4, 0.5) is 5.69 Å². The average Bonchev–Trinajstić information content (AvgIpc) is 2.44. The first-order valence-corrected chi connectivity index (χ1v) is 7.33. The number of anilines is 1. The van der Waals surface area contributed by atoms with Crippen molar-refractivity contribution < 1.29 is 4.79 Å². The molecule has 0 saturated heterocycles. The molecule has 108 valence electrons. The summed E-state index contributed by atoms with van der Waals surface area (Å²) in [6.07, 6.45) is 4.91. The second-order valence-corrected chi connectivity index (χ2v) is 4.97. The minimum atomic E-state index is 0.0289. The van der Waals surface area contributed by atoms with Gasteiger partial charge in [0, 0.05) is 17.7 Å². The summed E-state index contributed by atoms with van der Waals surface area (Å²) in [5.74, 6) is 5.67. The molecule has 0 aliphatic rings. The molecule has 0 bridgehead atoms. The molecule has 0 heterocycles. The van der Waals surface area contributed by atoms with Crippen molar-refractivity contribution >= 4 is 23.2 Å². The summed E-state index contributed by atoms with van der Waals surface area (Å²) in [4.78, 5) is 11.8. The van der Waals surface area contributed by atoms with Gasteiger partial charge in [0.2, 0.25) is 5.91 Å². The van der Waals surface area contributed by atoms with Gasteiger partial charge in [0.05, 0.1) is 11.6 Å². The quantitative estimate of drug-likeness (QED) is 0.622. The van der Waals surface area contributed by atoms with E-state index in [4.69, 9.17) is 17.3 Å². The molecule has 1 aromatic carbocycles. The smallest absolute Gasteiger partial charge is 0.224 e. The predicted molar refractivity (Wildman–Crippen MR) is 84.8 cm³/mol. The van der Waals surface area contributed by atoms with Crippen LogP contribution in [-0.4, -0.2) is 12.5 Å². The fourth-order valence-corrected chi connectivity index (χ4v) is 1.95. The molecule has 4 heteroatoms. The molecule has 1 rings (SSSR count). The van der Waals surface area contributed by atoms with Crippen LogP contribution in [0, 0.1) is 11.8 Å². The Balaban J connectivity index is 2.57. The van der Waals surface area contributed by atoms with Gasteiger partial charge in [-0.3, -0.25) is 4.79 Å². The topological polar surface area (TPSA) is 55.1 Å². The number of hydrogen-bond acceptors (Lipinski definition) is 2. The Morgan fingerprint density at radius 3 is 2.85 bits per heavy atom. The van der Waals surface area contributed by atoms with Crippen molar-refractivity contribution in [2.75, 3.05) is 11.9 Å². The van der Waals surface area contributed by atoms with E-state index < -0.39 is 0 Å².